The van der Waals surface area contributed by atoms with E-state index in [9.17, 15) is 64.8 Å². The van der Waals surface area contributed by atoms with Gasteiger partial charge in [0.2, 0.25) is 9.84 Å². The van der Waals surface area contributed by atoms with Crippen LogP contribution in [0, 0.1) is 0 Å². The average molecular weight is 488 g/mol. The number of alkyl halides is 9. The Balaban J connectivity index is 3.86. The minimum Gasteiger partial charge on any atom is -0.221 e. The summed E-state index contributed by atoms with van der Waals surface area (Å²) in [5.41, 5.74) is -15.1. The predicted octanol–water partition coefficient (Wildman–Crippen LogP) is 2.63. The molecule has 1 aromatic rings. The Morgan fingerprint density at radius 1 is 0.607 bits per heavy atom. The lowest BCUT2D eigenvalue weighted by Gasteiger charge is -2.21. The summed E-state index contributed by atoms with van der Waals surface area (Å²) >= 11 is 0. The summed E-state index contributed by atoms with van der Waals surface area (Å²) in [6.45, 7) is 0. The average Bonchev–Trinajstić information content (AvgIpc) is 2.43. The van der Waals surface area contributed by atoms with Crippen LogP contribution >= 0.6 is 0 Å². The first-order valence-corrected chi connectivity index (χ1v) is 10.7. The monoisotopic (exact) mass is 488 g/mol. The minimum atomic E-state index is -7.54. The molecule has 0 aliphatic rings. The molecule has 0 amide bonds. The van der Waals surface area contributed by atoms with Crippen molar-refractivity contribution in [2.45, 2.75) is 26.0 Å². The van der Waals surface area contributed by atoms with Crippen molar-refractivity contribution in [1.82, 2.24) is 0 Å². The molecule has 0 saturated heterocycles. The molecule has 0 atom stereocenters. The highest BCUT2D eigenvalue weighted by Crippen LogP contribution is 2.41. The van der Waals surface area contributed by atoms with Gasteiger partial charge >= 0.3 is 17.2 Å². The van der Waals surface area contributed by atoms with Crippen molar-refractivity contribution in [1.29, 1.82) is 0 Å². The van der Waals surface area contributed by atoms with Gasteiger partial charge in [0.05, 0.1) is 10.5 Å². The third kappa shape index (κ3) is 4.22. The molecule has 0 aliphatic carbocycles. The fraction of sp³-hybridized carbons (Fsp3) is 0.400. The summed E-state index contributed by atoms with van der Waals surface area (Å²) in [5, 5.41) is 0. The van der Waals surface area contributed by atoms with Gasteiger partial charge in [-0.25, -0.2) is 25.3 Å². The third-order valence-electron chi connectivity index (χ3n) is 2.92. The molecule has 0 radical (unpaired) electrons. The zero-order valence-electron chi connectivity index (χ0n) is 12.5. The Morgan fingerprint density at radius 2 is 0.929 bits per heavy atom. The van der Waals surface area contributed by atoms with Crippen LogP contribution in [0.2, 0.25) is 0 Å². The van der Waals surface area contributed by atoms with Crippen LogP contribution in [-0.2, 0) is 35.7 Å². The minimum absolute atomic E-state index is 0.107. The van der Waals surface area contributed by atoms with Crippen LogP contribution in [0.15, 0.2) is 29.2 Å². The van der Waals surface area contributed by atoms with Crippen molar-refractivity contribution in [3.8, 4) is 0 Å². The Bertz CT molecular complexity index is 1000. The lowest BCUT2D eigenvalue weighted by Crippen LogP contribution is -2.49. The van der Waals surface area contributed by atoms with Crippen LogP contribution in [0.1, 0.15) is 5.56 Å². The second-order valence-corrected chi connectivity index (χ2v) is 11.8. The van der Waals surface area contributed by atoms with Gasteiger partial charge in [0.15, 0.2) is 0 Å². The van der Waals surface area contributed by atoms with Crippen molar-refractivity contribution in [2.75, 3.05) is 0 Å². The Morgan fingerprint density at radius 3 is 1.18 bits per heavy atom. The maximum atomic E-state index is 12.6. The molecule has 1 aromatic carbocycles. The maximum absolute atomic E-state index is 12.6. The lowest BCUT2D eigenvalue weighted by molar-refractivity contribution is -0.137. The number of benzene rings is 1. The second-order valence-electron chi connectivity index (χ2n) is 4.84. The van der Waals surface area contributed by atoms with E-state index in [1.165, 1.54) is 0 Å². The van der Waals surface area contributed by atoms with Gasteiger partial charge in [-0.05, 0) is 24.3 Å². The topological polar surface area (TPSA) is 102 Å². The van der Waals surface area contributed by atoms with Gasteiger partial charge in [0.1, 0.15) is 0 Å². The number of hydrogen-bond donors (Lipinski definition) is 0. The quantitative estimate of drug-likeness (QED) is 0.604. The van der Waals surface area contributed by atoms with E-state index in [1.807, 2.05) is 0 Å². The van der Waals surface area contributed by atoms with Gasteiger partial charge in [0.25, 0.3) is 23.6 Å². The number of hydrogen-bond acceptors (Lipinski definition) is 6. The van der Waals surface area contributed by atoms with Crippen molar-refractivity contribution in [3.05, 3.63) is 29.8 Å². The van der Waals surface area contributed by atoms with Gasteiger partial charge in [-0.15, -0.1) is 0 Å². The van der Waals surface area contributed by atoms with Gasteiger partial charge in [-0.1, -0.05) is 0 Å². The van der Waals surface area contributed by atoms with Gasteiger partial charge in [-0.3, -0.25) is 0 Å². The molecule has 28 heavy (non-hydrogen) atoms. The molecule has 162 valence electrons. The van der Waals surface area contributed by atoms with Crippen molar-refractivity contribution >= 4 is 29.5 Å². The van der Waals surface area contributed by atoms with Gasteiger partial charge in [-0.2, -0.15) is 39.5 Å². The molecule has 0 fully saturated rings. The second kappa shape index (κ2) is 6.75. The van der Waals surface area contributed by atoms with Crippen LogP contribution in [0.5, 0.6) is 0 Å². The standard InChI is InChI=1S/C10H5F9O6S3/c11-8(12,13)5-1-3-6(4-2-5)26(20,21)7(27(22,23)9(14,15)16)28(24,25)10(17,18)19/h1-4,7H. The first kappa shape index (κ1) is 24.5. The summed E-state index contributed by atoms with van der Waals surface area (Å²) in [6, 6.07) is -0.569. The van der Waals surface area contributed by atoms with Crippen molar-refractivity contribution < 1.29 is 64.8 Å². The van der Waals surface area contributed by atoms with E-state index in [1.54, 1.807) is 0 Å². The highest BCUT2D eigenvalue weighted by molar-refractivity contribution is 8.24. The van der Waals surface area contributed by atoms with E-state index in [0.29, 0.717) is 0 Å². The third-order valence-corrected chi connectivity index (χ3v) is 11.2. The Hall–Kier alpha value is -1.56. The van der Waals surface area contributed by atoms with Crippen LogP contribution in [0.4, 0.5) is 39.5 Å². The largest absolute Gasteiger partial charge is 0.499 e. The van der Waals surface area contributed by atoms with Crippen molar-refractivity contribution in [3.63, 3.8) is 0 Å². The summed E-state index contributed by atoms with van der Waals surface area (Å²) in [4.78, 5) is -1.83. The summed E-state index contributed by atoms with van der Waals surface area (Å²) in [6.07, 6.45) is -5.10. The fourth-order valence-electron chi connectivity index (χ4n) is 1.66. The van der Waals surface area contributed by atoms with Crippen molar-refractivity contribution in [2.24, 2.45) is 0 Å². The predicted molar refractivity (Wildman–Crippen MR) is 72.4 cm³/mol. The first-order chi connectivity index (χ1) is 12.1. The number of rotatable bonds is 4. The molecule has 0 saturated carbocycles. The van der Waals surface area contributed by atoms with Crippen LogP contribution in [-0.4, -0.2) is 40.2 Å². The molecular weight excluding hydrogens is 483 g/mol. The molecule has 0 heterocycles. The molecule has 18 heteroatoms. The summed E-state index contributed by atoms with van der Waals surface area (Å²) in [5.74, 6) is 0. The van der Waals surface area contributed by atoms with E-state index in [0.717, 1.165) is 0 Å². The molecular formula is C10H5F9O6S3. The van der Waals surface area contributed by atoms with E-state index in [-0.39, 0.29) is 24.3 Å². The SMILES string of the molecule is O=S(=O)(c1ccc(C(F)(F)F)cc1)C(S(=O)(=O)C(F)(F)F)S(=O)(=O)C(F)(F)F. The lowest BCUT2D eigenvalue weighted by atomic mass is 10.2. The van der Waals surface area contributed by atoms with Gasteiger partial charge in [0, 0.05) is 0 Å². The highest BCUT2D eigenvalue weighted by Gasteiger charge is 2.68. The zero-order chi connectivity index (χ0) is 22.6. The Kier molecular flexibility index (Phi) is 5.90. The normalized spacial score (nSPS) is 15.1. The molecule has 6 nitrogen and oxygen atoms in total. The fourth-order valence-corrected chi connectivity index (χ4v) is 8.82. The maximum Gasteiger partial charge on any atom is 0.499 e. The van der Waals surface area contributed by atoms with Gasteiger partial charge < -0.3 is 0 Å². The Labute approximate surface area is 150 Å². The zero-order valence-corrected chi connectivity index (χ0v) is 14.9. The number of sulfone groups is 3. The molecule has 0 unspecified atom stereocenters. The summed E-state index contributed by atoms with van der Waals surface area (Å²) < 4.78 is 177. The molecule has 0 bridgehead atoms. The molecule has 0 N–H and O–H groups in total. The van der Waals surface area contributed by atoms with E-state index in [2.05, 4.69) is 0 Å². The van der Waals surface area contributed by atoms with E-state index in [4.69, 9.17) is 0 Å². The molecule has 0 aliphatic heterocycles. The molecule has 0 aromatic heterocycles. The first-order valence-electron chi connectivity index (χ1n) is 6.09. The molecule has 0 spiro atoms. The highest BCUT2D eigenvalue weighted by atomic mass is 32.3. The van der Waals surface area contributed by atoms with Crippen LogP contribution < -0.4 is 0 Å². The summed E-state index contributed by atoms with van der Waals surface area (Å²) in [7, 11) is -21.6. The van der Waals surface area contributed by atoms with E-state index < -0.39 is 61.1 Å². The van der Waals surface area contributed by atoms with E-state index >= 15 is 0 Å². The molecule has 1 rings (SSSR count). The van der Waals surface area contributed by atoms with Crippen LogP contribution in [0.3, 0.4) is 0 Å². The number of halogens is 9. The van der Waals surface area contributed by atoms with Crippen LogP contribution in [0.25, 0.3) is 0 Å². The smallest absolute Gasteiger partial charge is 0.221 e.